The molecule has 0 bridgehead atoms. The molecule has 12 rings (SSSR count). The van der Waals surface area contributed by atoms with Crippen LogP contribution in [0.4, 0.5) is 0 Å². The van der Waals surface area contributed by atoms with Crippen molar-refractivity contribution in [3.8, 4) is 45.5 Å². The Hall–Kier alpha value is -7.89. The fraction of sp³-hybridized carbons (Fsp3) is 0. The number of fused-ring (bicyclic) bond motifs is 9. The fourth-order valence-corrected chi connectivity index (χ4v) is 8.85. The van der Waals surface area contributed by atoms with Gasteiger partial charge in [-0.15, -0.1) is 0 Å². The second-order valence-corrected chi connectivity index (χ2v) is 14.9. The molecule has 0 atom stereocenters. The number of nitrogens with zero attached hydrogens (tertiary/aromatic N) is 5. The van der Waals surface area contributed by atoms with Crippen LogP contribution in [0.3, 0.4) is 0 Å². The molecule has 0 N–H and O–H groups in total. The van der Waals surface area contributed by atoms with Crippen LogP contribution in [0.25, 0.3) is 111 Å². The van der Waals surface area contributed by atoms with Crippen LogP contribution >= 0.6 is 0 Å². The van der Waals surface area contributed by atoms with Crippen LogP contribution in [0.5, 0.6) is 0 Å². The van der Waals surface area contributed by atoms with Gasteiger partial charge in [-0.1, -0.05) is 146 Å². The summed E-state index contributed by atoms with van der Waals surface area (Å²) in [5, 5.41) is 9.77. The molecule has 0 aliphatic carbocycles. The highest BCUT2D eigenvalue weighted by Gasteiger charge is 2.19. The zero-order valence-corrected chi connectivity index (χ0v) is 31.3. The van der Waals surface area contributed by atoms with Crippen molar-refractivity contribution in [3.63, 3.8) is 0 Å². The van der Waals surface area contributed by atoms with E-state index in [-0.39, 0.29) is 0 Å². The average Bonchev–Trinajstić information content (AvgIpc) is 3.81. The van der Waals surface area contributed by atoms with E-state index >= 15 is 0 Å². The first-order valence-corrected chi connectivity index (χ1v) is 19.6. The molecule has 5 nitrogen and oxygen atoms in total. The van der Waals surface area contributed by atoms with Crippen molar-refractivity contribution < 1.29 is 0 Å². The van der Waals surface area contributed by atoms with Gasteiger partial charge in [0.25, 0.3) is 0 Å². The van der Waals surface area contributed by atoms with E-state index in [0.29, 0.717) is 17.5 Å². The van der Waals surface area contributed by atoms with Gasteiger partial charge >= 0.3 is 0 Å². The van der Waals surface area contributed by atoms with Gasteiger partial charge in [-0.2, -0.15) is 0 Å². The van der Waals surface area contributed by atoms with Crippen LogP contribution in [0.2, 0.25) is 0 Å². The lowest BCUT2D eigenvalue weighted by Crippen LogP contribution is -2.01. The van der Waals surface area contributed by atoms with Gasteiger partial charge in [0.05, 0.1) is 22.1 Å². The van der Waals surface area contributed by atoms with Crippen molar-refractivity contribution >= 4 is 65.2 Å². The Kier molecular flexibility index (Phi) is 7.16. The van der Waals surface area contributed by atoms with E-state index in [2.05, 4.69) is 191 Å². The first-order chi connectivity index (χ1) is 28.7. The first kappa shape index (κ1) is 32.4. The van der Waals surface area contributed by atoms with Crippen molar-refractivity contribution in [2.75, 3.05) is 0 Å². The zero-order valence-electron chi connectivity index (χ0n) is 31.3. The summed E-state index contributed by atoms with van der Waals surface area (Å²) >= 11 is 0. The monoisotopic (exact) mass is 739 g/mol. The third kappa shape index (κ3) is 5.07. The molecule has 5 heteroatoms. The normalized spacial score (nSPS) is 11.8. The van der Waals surface area contributed by atoms with E-state index in [1.54, 1.807) is 0 Å². The molecule has 270 valence electrons. The average molecular weight is 740 g/mol. The Balaban J connectivity index is 1.08. The van der Waals surface area contributed by atoms with Gasteiger partial charge in [-0.25, -0.2) is 15.0 Å². The summed E-state index contributed by atoms with van der Waals surface area (Å²) in [6.45, 7) is 0. The number of rotatable bonds is 5. The van der Waals surface area contributed by atoms with Crippen molar-refractivity contribution in [2.45, 2.75) is 0 Å². The molecule has 0 radical (unpaired) electrons. The second kappa shape index (κ2) is 12.8. The summed E-state index contributed by atoms with van der Waals surface area (Å²) in [6, 6.07) is 70.9. The molecular weight excluding hydrogens is 707 g/mol. The molecule has 0 aliphatic rings. The number of benzene rings is 9. The zero-order chi connectivity index (χ0) is 38.2. The van der Waals surface area contributed by atoms with Gasteiger partial charge in [-0.05, 0) is 76.1 Å². The quantitative estimate of drug-likeness (QED) is 0.177. The number of para-hydroxylation sites is 2. The molecule has 3 aromatic heterocycles. The summed E-state index contributed by atoms with van der Waals surface area (Å²) in [5.41, 5.74) is 9.49. The van der Waals surface area contributed by atoms with Gasteiger partial charge in [0.2, 0.25) is 0 Å². The lowest BCUT2D eigenvalue weighted by molar-refractivity contribution is 1.07. The molecule has 0 saturated carbocycles. The van der Waals surface area contributed by atoms with Crippen molar-refractivity contribution in [3.05, 3.63) is 200 Å². The molecule has 3 heterocycles. The van der Waals surface area contributed by atoms with E-state index in [1.165, 1.54) is 43.1 Å². The van der Waals surface area contributed by atoms with Crippen molar-refractivity contribution in [1.82, 2.24) is 24.1 Å². The van der Waals surface area contributed by atoms with Gasteiger partial charge in [0, 0.05) is 49.6 Å². The third-order valence-corrected chi connectivity index (χ3v) is 11.5. The van der Waals surface area contributed by atoms with Gasteiger partial charge in [0.1, 0.15) is 0 Å². The molecule has 9 aromatic carbocycles. The highest BCUT2D eigenvalue weighted by atomic mass is 15.0. The Labute approximate surface area is 333 Å². The minimum absolute atomic E-state index is 0.617. The topological polar surface area (TPSA) is 48.5 Å². The molecule has 0 saturated heterocycles. The lowest BCUT2D eigenvalue weighted by atomic mass is 10.0. The van der Waals surface area contributed by atoms with E-state index < -0.39 is 0 Å². The summed E-state index contributed by atoms with van der Waals surface area (Å²) in [5.74, 6) is 1.87. The summed E-state index contributed by atoms with van der Waals surface area (Å²) < 4.78 is 4.72. The van der Waals surface area contributed by atoms with Gasteiger partial charge in [-0.3, -0.25) is 0 Å². The van der Waals surface area contributed by atoms with E-state index in [0.717, 1.165) is 50.1 Å². The molecule has 12 aromatic rings. The second-order valence-electron chi connectivity index (χ2n) is 14.9. The SMILES string of the molecule is c1ccc(-c2nc(-c3cccc(-n4c5cc6ccccc6cc5c5c6ccccc6ccc54)c3)nc(-c3ccc4c5ccccc5n(-c5ccccc5)c4c3)n2)cc1. The molecule has 0 spiro atoms. The van der Waals surface area contributed by atoms with Crippen LogP contribution in [0.15, 0.2) is 200 Å². The van der Waals surface area contributed by atoms with Crippen LogP contribution in [0, 0.1) is 0 Å². The van der Waals surface area contributed by atoms with Crippen molar-refractivity contribution in [2.24, 2.45) is 0 Å². The van der Waals surface area contributed by atoms with Crippen LogP contribution in [-0.4, -0.2) is 24.1 Å². The fourth-order valence-electron chi connectivity index (χ4n) is 8.85. The number of aromatic nitrogens is 5. The van der Waals surface area contributed by atoms with Gasteiger partial charge in [0.15, 0.2) is 17.5 Å². The molecule has 0 fully saturated rings. The maximum Gasteiger partial charge on any atom is 0.164 e. The van der Waals surface area contributed by atoms with E-state index in [9.17, 15) is 0 Å². The standard InChI is InChI=1S/C53H33N5/c1-3-15-35(16-4-1)51-54-52(56-53(55-51)39-26-28-44-43-24-11-12-25-46(43)57(48(44)33-39)40-20-5-2-6-21-40)38-19-13-22-41(30-38)58-47-29-27-34-14-9-10-23-42(34)50(47)45-31-36-17-7-8-18-37(36)32-49(45)58/h1-33H. The van der Waals surface area contributed by atoms with Gasteiger partial charge < -0.3 is 9.13 Å². The Morgan fingerprint density at radius 2 is 0.828 bits per heavy atom. The number of hydrogen-bond acceptors (Lipinski definition) is 3. The molecule has 0 aliphatic heterocycles. The molecule has 0 unspecified atom stereocenters. The minimum atomic E-state index is 0.617. The largest absolute Gasteiger partial charge is 0.309 e. The summed E-state index contributed by atoms with van der Waals surface area (Å²) in [6.07, 6.45) is 0. The van der Waals surface area contributed by atoms with Crippen LogP contribution in [-0.2, 0) is 0 Å². The predicted octanol–water partition coefficient (Wildman–Crippen LogP) is 13.4. The Morgan fingerprint density at radius 3 is 1.62 bits per heavy atom. The smallest absolute Gasteiger partial charge is 0.164 e. The predicted molar refractivity (Wildman–Crippen MR) is 240 cm³/mol. The van der Waals surface area contributed by atoms with E-state index in [1.807, 2.05) is 18.2 Å². The third-order valence-electron chi connectivity index (χ3n) is 11.5. The first-order valence-electron chi connectivity index (χ1n) is 19.6. The Morgan fingerprint density at radius 1 is 0.276 bits per heavy atom. The van der Waals surface area contributed by atoms with Crippen LogP contribution < -0.4 is 0 Å². The minimum Gasteiger partial charge on any atom is -0.309 e. The summed E-state index contributed by atoms with van der Waals surface area (Å²) in [4.78, 5) is 15.5. The molecule has 58 heavy (non-hydrogen) atoms. The maximum absolute atomic E-state index is 5.25. The molecule has 0 amide bonds. The maximum atomic E-state index is 5.25. The van der Waals surface area contributed by atoms with Crippen LogP contribution in [0.1, 0.15) is 0 Å². The van der Waals surface area contributed by atoms with E-state index in [4.69, 9.17) is 15.0 Å². The van der Waals surface area contributed by atoms with Crippen molar-refractivity contribution in [1.29, 1.82) is 0 Å². The lowest BCUT2D eigenvalue weighted by Gasteiger charge is -2.12. The highest BCUT2D eigenvalue weighted by Crippen LogP contribution is 2.40. The number of hydrogen-bond donors (Lipinski definition) is 0. The highest BCUT2D eigenvalue weighted by molar-refractivity contribution is 6.23. The molecular formula is C53H33N5. The summed E-state index contributed by atoms with van der Waals surface area (Å²) in [7, 11) is 0. The Bertz CT molecular complexity index is 3560.